The van der Waals surface area contributed by atoms with Gasteiger partial charge in [0.15, 0.2) is 6.61 Å². The minimum Gasteiger partial charge on any atom is -0.506 e. The number of carboxylic acids is 1. The van der Waals surface area contributed by atoms with Crippen LogP contribution in [0.5, 0.6) is 11.5 Å². The van der Waals surface area contributed by atoms with Crippen molar-refractivity contribution >= 4 is 28.7 Å². The third kappa shape index (κ3) is 11.5. The molecule has 0 bridgehead atoms. The number of benzene rings is 5. The number of aliphatic hydroxyl groups is 2. The van der Waals surface area contributed by atoms with E-state index in [-0.39, 0.29) is 59.1 Å². The molecular weight excluding hydrogens is 863 g/mol. The van der Waals surface area contributed by atoms with E-state index >= 15 is 0 Å². The number of aromatic hydroxyl groups is 1. The van der Waals surface area contributed by atoms with Crippen LogP contribution in [0.15, 0.2) is 132 Å². The molecule has 6 aromatic rings. The Morgan fingerprint density at radius 2 is 1.54 bits per heavy atom. The van der Waals surface area contributed by atoms with E-state index in [4.69, 9.17) is 4.74 Å². The van der Waals surface area contributed by atoms with Crippen molar-refractivity contribution in [3.63, 3.8) is 0 Å². The number of likely N-dealkylation sites (tertiary alicyclic amines) is 2. The number of carbonyl (C=O) groups is 3. The summed E-state index contributed by atoms with van der Waals surface area (Å²) in [5, 5.41) is 50.5. The third-order valence-corrected chi connectivity index (χ3v) is 13.4. The van der Waals surface area contributed by atoms with Gasteiger partial charge in [-0.2, -0.15) is 0 Å². The van der Waals surface area contributed by atoms with Gasteiger partial charge in [-0.05, 0) is 123 Å². The summed E-state index contributed by atoms with van der Waals surface area (Å²) in [5.41, 5.74) is 2.25. The van der Waals surface area contributed by atoms with Gasteiger partial charge in [0.1, 0.15) is 11.5 Å². The van der Waals surface area contributed by atoms with Gasteiger partial charge in [-0.15, -0.1) is 0 Å². The highest BCUT2D eigenvalue weighted by atomic mass is 16.5. The van der Waals surface area contributed by atoms with Gasteiger partial charge in [-0.25, -0.2) is 4.79 Å². The molecule has 2 aliphatic rings. The summed E-state index contributed by atoms with van der Waals surface area (Å²) in [7, 11) is 0. The van der Waals surface area contributed by atoms with Crippen molar-refractivity contribution in [3.05, 3.63) is 177 Å². The molecule has 0 saturated carbocycles. The molecule has 2 atom stereocenters. The molecule has 0 unspecified atom stereocenters. The van der Waals surface area contributed by atoms with Crippen molar-refractivity contribution in [3.8, 4) is 11.5 Å². The molecular formula is C54H59N5O9. The van der Waals surface area contributed by atoms with Gasteiger partial charge in [0.25, 0.3) is 11.8 Å². The zero-order chi connectivity index (χ0) is 47.6. The number of fused-ring (bicyclic) bond motifs is 1. The first-order valence-corrected chi connectivity index (χ1v) is 23.4. The Morgan fingerprint density at radius 1 is 0.809 bits per heavy atom. The molecule has 2 amide bonds. The van der Waals surface area contributed by atoms with Crippen molar-refractivity contribution < 1.29 is 39.5 Å². The Morgan fingerprint density at radius 3 is 2.29 bits per heavy atom. The summed E-state index contributed by atoms with van der Waals surface area (Å²) in [6.45, 7) is 4.21. The number of amides is 2. The van der Waals surface area contributed by atoms with E-state index < -0.39 is 17.7 Å². The van der Waals surface area contributed by atoms with Crippen molar-refractivity contribution in [1.82, 2.24) is 25.4 Å². The monoisotopic (exact) mass is 921 g/mol. The number of nitrogens with one attached hydrogen (secondary N) is 3. The second kappa shape index (κ2) is 21.9. The standard InChI is InChI=1S/C54H59N5O9/c60-47-19-17-44(45-18-20-49(62)57-51(45)47)48(61)33-55-26-21-36-13-15-39(16-14-36)52(64)56-42-24-29-59(30-25-42)50(63)35-68-43-11-6-10-41(32-43)54(67,53(65)66)46-12-5-4-9-40(46)31-37-22-27-58(28-23-37)34-38-7-2-1-3-8-38/h1-20,32,37,42,48,55,60-61,67H,21-31,33-35H2,(H,56,64)(H,57,62)(H,65,66)/t48-,54-/m0/s1. The van der Waals surface area contributed by atoms with E-state index in [0.29, 0.717) is 73.3 Å². The first-order valence-electron chi connectivity index (χ1n) is 23.4. The summed E-state index contributed by atoms with van der Waals surface area (Å²) in [6, 6.07) is 37.2. The number of carbonyl (C=O) groups excluding carboxylic acids is 2. The zero-order valence-corrected chi connectivity index (χ0v) is 38.0. The number of aliphatic carboxylic acids is 1. The first kappa shape index (κ1) is 47.6. The minimum absolute atomic E-state index is 0.0640. The second-order valence-corrected chi connectivity index (χ2v) is 18.0. The number of hydrogen-bond donors (Lipinski definition) is 7. The summed E-state index contributed by atoms with van der Waals surface area (Å²) in [5.74, 6) is -1.29. The topological polar surface area (TPSA) is 205 Å². The number of phenols is 1. The number of ether oxygens (including phenoxy) is 1. The molecule has 14 nitrogen and oxygen atoms in total. The van der Waals surface area contributed by atoms with Gasteiger partial charge < -0.3 is 45.7 Å². The average Bonchev–Trinajstić information content (AvgIpc) is 3.36. The lowest BCUT2D eigenvalue weighted by Gasteiger charge is -2.33. The fraction of sp³-hybridized carbons (Fsp3) is 0.333. The highest BCUT2D eigenvalue weighted by Gasteiger charge is 2.42. The summed E-state index contributed by atoms with van der Waals surface area (Å²) in [6.07, 6.45) is 3.52. The van der Waals surface area contributed by atoms with Gasteiger partial charge in [-0.1, -0.05) is 84.9 Å². The summed E-state index contributed by atoms with van der Waals surface area (Å²) in [4.78, 5) is 57.9. The lowest BCUT2D eigenvalue weighted by molar-refractivity contribution is -0.155. The number of aromatic nitrogens is 1. The Bertz CT molecular complexity index is 2750. The Hall–Kier alpha value is -6.84. The third-order valence-electron chi connectivity index (χ3n) is 13.4. The number of nitrogens with zero attached hydrogens (tertiary/aromatic N) is 2. The van der Waals surface area contributed by atoms with Crippen LogP contribution < -0.4 is 20.9 Å². The normalized spacial score (nSPS) is 16.2. The molecule has 354 valence electrons. The Labute approximate surface area is 395 Å². The molecule has 2 aliphatic heterocycles. The predicted octanol–water partition coefficient (Wildman–Crippen LogP) is 5.67. The number of aromatic amines is 1. The average molecular weight is 922 g/mol. The van der Waals surface area contributed by atoms with Crippen LogP contribution in [0, 0.1) is 5.92 Å². The van der Waals surface area contributed by atoms with Crippen molar-refractivity contribution in [2.24, 2.45) is 5.92 Å². The lowest BCUT2D eigenvalue weighted by Crippen LogP contribution is -2.47. The van der Waals surface area contributed by atoms with Gasteiger partial charge >= 0.3 is 5.97 Å². The van der Waals surface area contributed by atoms with Gasteiger partial charge in [0, 0.05) is 60.4 Å². The van der Waals surface area contributed by atoms with E-state index in [9.17, 15) is 39.6 Å². The van der Waals surface area contributed by atoms with Crippen molar-refractivity contribution in [2.45, 2.75) is 62.8 Å². The first-order chi connectivity index (χ1) is 32.9. The van der Waals surface area contributed by atoms with Crippen LogP contribution in [-0.4, -0.2) is 105 Å². The molecule has 14 heteroatoms. The quantitative estimate of drug-likeness (QED) is 0.0523. The number of hydrogen-bond acceptors (Lipinski definition) is 10. The maximum Gasteiger partial charge on any atom is 0.345 e. The predicted molar refractivity (Wildman–Crippen MR) is 258 cm³/mol. The molecule has 3 heterocycles. The fourth-order valence-electron chi connectivity index (χ4n) is 9.49. The van der Waals surface area contributed by atoms with Crippen LogP contribution in [0.4, 0.5) is 0 Å². The highest BCUT2D eigenvalue weighted by molar-refractivity contribution is 5.94. The van der Waals surface area contributed by atoms with Crippen molar-refractivity contribution in [1.29, 1.82) is 0 Å². The van der Waals surface area contributed by atoms with E-state index in [1.807, 2.05) is 30.3 Å². The minimum atomic E-state index is -2.34. The molecule has 0 aliphatic carbocycles. The zero-order valence-electron chi connectivity index (χ0n) is 38.0. The molecule has 7 N–H and O–H groups in total. The molecule has 0 radical (unpaired) electrons. The number of carboxylic acid groups (broad SMARTS) is 1. The van der Waals surface area contributed by atoms with Gasteiger partial charge in [-0.3, -0.25) is 19.3 Å². The number of rotatable bonds is 18. The van der Waals surface area contributed by atoms with Crippen LogP contribution in [-0.2, 0) is 34.6 Å². The molecule has 68 heavy (non-hydrogen) atoms. The van der Waals surface area contributed by atoms with E-state index in [0.717, 1.165) is 43.6 Å². The van der Waals surface area contributed by atoms with Crippen molar-refractivity contribution in [2.75, 3.05) is 45.9 Å². The molecule has 2 fully saturated rings. The number of H-pyrrole nitrogens is 1. The molecule has 2 saturated heterocycles. The molecule has 0 spiro atoms. The van der Waals surface area contributed by atoms with E-state index in [2.05, 4.69) is 44.8 Å². The number of pyridine rings is 1. The smallest absolute Gasteiger partial charge is 0.345 e. The number of piperidine rings is 2. The highest BCUT2D eigenvalue weighted by Crippen LogP contribution is 2.36. The number of phenolic OH excluding ortho intramolecular Hbond substituents is 1. The lowest BCUT2D eigenvalue weighted by atomic mass is 9.80. The van der Waals surface area contributed by atoms with Crippen LogP contribution in [0.3, 0.4) is 0 Å². The van der Waals surface area contributed by atoms with E-state index in [1.165, 1.54) is 23.8 Å². The van der Waals surface area contributed by atoms with Crippen LogP contribution in [0.1, 0.15) is 75.5 Å². The number of aliphatic hydroxyl groups excluding tert-OH is 1. The molecule has 1 aromatic heterocycles. The van der Waals surface area contributed by atoms with Gasteiger partial charge in [0.2, 0.25) is 11.2 Å². The Kier molecular flexibility index (Phi) is 15.3. The second-order valence-electron chi connectivity index (χ2n) is 18.0. The van der Waals surface area contributed by atoms with E-state index in [1.54, 1.807) is 59.5 Å². The Balaban J connectivity index is 0.776. The molecule has 5 aromatic carbocycles. The summed E-state index contributed by atoms with van der Waals surface area (Å²) >= 11 is 0. The maximum atomic E-state index is 13.3. The summed E-state index contributed by atoms with van der Waals surface area (Å²) < 4.78 is 5.91. The van der Waals surface area contributed by atoms with Crippen LogP contribution >= 0.6 is 0 Å². The largest absolute Gasteiger partial charge is 0.506 e. The maximum absolute atomic E-state index is 13.3. The van der Waals surface area contributed by atoms with Crippen LogP contribution in [0.2, 0.25) is 0 Å². The fourth-order valence-corrected chi connectivity index (χ4v) is 9.49. The SMILES string of the molecule is O=C(NC1CCN(C(=O)COc2cccc([C@@](O)(C(=O)O)c3ccccc3CC3CCN(Cc4ccccc4)CC3)c2)CC1)c1ccc(CCNC[C@H](O)c2ccc(O)c3[nH]c(=O)ccc23)cc1. The molecule has 8 rings (SSSR count). The van der Waals surface area contributed by atoms with Crippen LogP contribution in [0.25, 0.3) is 10.9 Å². The van der Waals surface area contributed by atoms with Gasteiger partial charge in [0.05, 0.1) is 11.6 Å².